The van der Waals surface area contributed by atoms with Gasteiger partial charge in [-0.3, -0.25) is 4.79 Å². The minimum Gasteiger partial charge on any atom is -0.496 e. The van der Waals surface area contributed by atoms with E-state index in [0.717, 1.165) is 30.9 Å². The van der Waals surface area contributed by atoms with Gasteiger partial charge in [-0.2, -0.15) is 0 Å². The molecule has 3 rings (SSSR count). The lowest BCUT2D eigenvalue weighted by Crippen LogP contribution is -2.50. The van der Waals surface area contributed by atoms with Crippen LogP contribution in [0, 0.1) is 11.6 Å². The quantitative estimate of drug-likeness (QED) is 0.932. The van der Waals surface area contributed by atoms with Crippen LogP contribution in [0.15, 0.2) is 42.5 Å². The first-order valence-electron chi connectivity index (χ1n) is 7.46. The maximum absolute atomic E-state index is 13.5. The number of carbonyl (C=O) groups excluding carboxylic acids is 1. The van der Waals surface area contributed by atoms with E-state index < -0.39 is 17.3 Å². The second-order valence-electron chi connectivity index (χ2n) is 5.74. The number of benzene rings is 2. The topological polar surface area (TPSA) is 38.3 Å². The largest absolute Gasteiger partial charge is 0.496 e. The van der Waals surface area contributed by atoms with Gasteiger partial charge in [0.1, 0.15) is 17.4 Å². The Morgan fingerprint density at radius 2 is 1.74 bits per heavy atom. The third-order valence-corrected chi connectivity index (χ3v) is 4.36. The van der Waals surface area contributed by atoms with Gasteiger partial charge in [-0.15, -0.1) is 0 Å². The first kappa shape index (κ1) is 15.5. The molecule has 0 atom stereocenters. The number of ether oxygens (including phenoxy) is 1. The van der Waals surface area contributed by atoms with Gasteiger partial charge in [0.2, 0.25) is 0 Å². The normalized spacial score (nSPS) is 15.6. The molecule has 5 heteroatoms. The fourth-order valence-electron chi connectivity index (χ4n) is 2.93. The molecule has 3 nitrogen and oxygen atoms in total. The minimum absolute atomic E-state index is 0.154. The zero-order valence-electron chi connectivity index (χ0n) is 12.7. The van der Waals surface area contributed by atoms with Crippen molar-refractivity contribution in [3.63, 3.8) is 0 Å². The number of hydrogen-bond donors (Lipinski definition) is 1. The molecule has 0 unspecified atom stereocenters. The highest BCUT2D eigenvalue weighted by atomic mass is 19.1. The fourth-order valence-corrected chi connectivity index (χ4v) is 2.93. The Labute approximate surface area is 133 Å². The molecule has 120 valence electrons. The predicted octanol–water partition coefficient (Wildman–Crippen LogP) is 3.78. The van der Waals surface area contributed by atoms with E-state index in [1.54, 1.807) is 12.1 Å². The van der Waals surface area contributed by atoms with E-state index in [1.807, 2.05) is 0 Å². The summed E-state index contributed by atoms with van der Waals surface area (Å²) in [4.78, 5) is 12.6. The molecule has 2 aromatic rings. The molecule has 23 heavy (non-hydrogen) atoms. The number of nitrogens with one attached hydrogen (secondary N) is 1. The van der Waals surface area contributed by atoms with Crippen LogP contribution < -0.4 is 10.1 Å². The summed E-state index contributed by atoms with van der Waals surface area (Å²) >= 11 is 0. The van der Waals surface area contributed by atoms with Crippen molar-refractivity contribution in [2.45, 2.75) is 24.8 Å². The lowest BCUT2D eigenvalue weighted by atomic mass is 9.71. The summed E-state index contributed by atoms with van der Waals surface area (Å²) in [5, 5.41) is 2.98. The Hall–Kier alpha value is -2.43. The van der Waals surface area contributed by atoms with Crippen LogP contribution in [-0.4, -0.2) is 13.0 Å². The van der Waals surface area contributed by atoms with E-state index in [9.17, 15) is 13.6 Å². The van der Waals surface area contributed by atoms with E-state index in [0.29, 0.717) is 5.75 Å². The van der Waals surface area contributed by atoms with Gasteiger partial charge in [-0.05, 0) is 55.2 Å². The molecule has 1 N–H and O–H groups in total. The highest BCUT2D eigenvalue weighted by Crippen LogP contribution is 2.41. The average Bonchev–Trinajstić information content (AvgIpc) is 2.51. The van der Waals surface area contributed by atoms with Gasteiger partial charge < -0.3 is 10.1 Å². The monoisotopic (exact) mass is 317 g/mol. The number of hydrogen-bond acceptors (Lipinski definition) is 2. The first-order valence-corrected chi connectivity index (χ1v) is 7.46. The summed E-state index contributed by atoms with van der Waals surface area (Å²) < 4.78 is 31.7. The van der Waals surface area contributed by atoms with Crippen LogP contribution in [0.5, 0.6) is 5.75 Å². The highest BCUT2D eigenvalue weighted by Gasteiger charge is 2.40. The van der Waals surface area contributed by atoms with Crippen LogP contribution in [0.4, 0.5) is 8.78 Å². The summed E-state index contributed by atoms with van der Waals surface area (Å²) in [6.45, 7) is 0. The highest BCUT2D eigenvalue weighted by molar-refractivity contribution is 5.97. The molecule has 1 aliphatic carbocycles. The fraction of sp³-hybridized carbons (Fsp3) is 0.278. The molecule has 0 saturated heterocycles. The van der Waals surface area contributed by atoms with Gasteiger partial charge in [0.05, 0.1) is 18.2 Å². The van der Waals surface area contributed by atoms with Gasteiger partial charge >= 0.3 is 0 Å². The molecule has 2 aromatic carbocycles. The van der Waals surface area contributed by atoms with Crippen LogP contribution in [-0.2, 0) is 5.54 Å². The van der Waals surface area contributed by atoms with Crippen LogP contribution in [0.2, 0.25) is 0 Å². The van der Waals surface area contributed by atoms with Crippen molar-refractivity contribution in [2.75, 3.05) is 7.11 Å². The summed E-state index contributed by atoms with van der Waals surface area (Å²) in [5.41, 5.74) is 0.483. The summed E-state index contributed by atoms with van der Waals surface area (Å²) in [7, 11) is 1.43. The lowest BCUT2D eigenvalue weighted by molar-refractivity contribution is 0.0819. The van der Waals surface area contributed by atoms with E-state index in [4.69, 9.17) is 4.74 Å². The molecule has 0 spiro atoms. The second-order valence-corrected chi connectivity index (χ2v) is 5.74. The molecular formula is C18H17F2NO2. The van der Waals surface area contributed by atoms with Gasteiger partial charge in [0, 0.05) is 0 Å². The molecule has 0 radical (unpaired) electrons. The van der Waals surface area contributed by atoms with Crippen molar-refractivity contribution in [1.82, 2.24) is 5.32 Å². The molecule has 1 amide bonds. The van der Waals surface area contributed by atoms with Crippen LogP contribution in [0.1, 0.15) is 35.2 Å². The van der Waals surface area contributed by atoms with E-state index in [2.05, 4.69) is 5.32 Å². The Morgan fingerprint density at radius 1 is 1.09 bits per heavy atom. The number of halogens is 2. The second kappa shape index (κ2) is 5.99. The Bertz CT molecular complexity index is 724. The average molecular weight is 317 g/mol. The molecule has 0 bridgehead atoms. The lowest BCUT2D eigenvalue weighted by Gasteiger charge is -2.43. The minimum atomic E-state index is -0.526. The Balaban J connectivity index is 1.89. The molecule has 0 aliphatic heterocycles. The molecule has 1 aliphatic rings. The number of methoxy groups -OCH3 is 1. The molecule has 1 fully saturated rings. The van der Waals surface area contributed by atoms with Crippen molar-refractivity contribution in [1.29, 1.82) is 0 Å². The number of rotatable bonds is 4. The van der Waals surface area contributed by atoms with Crippen molar-refractivity contribution in [3.05, 3.63) is 65.2 Å². The SMILES string of the molecule is COc1ccc(F)cc1C(=O)NC1(c2ccc(F)cc2)CCC1. The van der Waals surface area contributed by atoms with Crippen LogP contribution >= 0.6 is 0 Å². The zero-order valence-corrected chi connectivity index (χ0v) is 12.7. The first-order chi connectivity index (χ1) is 11.0. The van der Waals surface area contributed by atoms with Crippen molar-refractivity contribution in [2.24, 2.45) is 0 Å². The van der Waals surface area contributed by atoms with Crippen molar-refractivity contribution < 1.29 is 18.3 Å². The Morgan fingerprint density at radius 3 is 2.30 bits per heavy atom. The van der Waals surface area contributed by atoms with E-state index in [1.165, 1.54) is 31.4 Å². The zero-order chi connectivity index (χ0) is 16.4. The van der Waals surface area contributed by atoms with Crippen molar-refractivity contribution >= 4 is 5.91 Å². The van der Waals surface area contributed by atoms with Gasteiger partial charge in [0.15, 0.2) is 0 Å². The van der Waals surface area contributed by atoms with Crippen LogP contribution in [0.25, 0.3) is 0 Å². The molecule has 0 aromatic heterocycles. The maximum atomic E-state index is 13.5. The van der Waals surface area contributed by atoms with Gasteiger partial charge in [0.25, 0.3) is 5.91 Å². The summed E-state index contributed by atoms with van der Waals surface area (Å²) in [6.07, 6.45) is 2.50. The van der Waals surface area contributed by atoms with E-state index >= 15 is 0 Å². The molecule has 1 saturated carbocycles. The third kappa shape index (κ3) is 2.91. The number of amides is 1. The summed E-state index contributed by atoms with van der Waals surface area (Å²) in [6, 6.07) is 9.94. The smallest absolute Gasteiger partial charge is 0.255 e. The van der Waals surface area contributed by atoms with Crippen molar-refractivity contribution in [3.8, 4) is 5.75 Å². The predicted molar refractivity (Wildman–Crippen MR) is 82.3 cm³/mol. The van der Waals surface area contributed by atoms with E-state index in [-0.39, 0.29) is 11.4 Å². The standard InChI is InChI=1S/C18H17F2NO2/c1-23-16-8-7-14(20)11-15(16)17(22)21-18(9-2-10-18)12-3-5-13(19)6-4-12/h3-8,11H,2,9-10H2,1H3,(H,21,22). The van der Waals surface area contributed by atoms with Gasteiger partial charge in [-0.1, -0.05) is 12.1 Å². The molecule has 0 heterocycles. The maximum Gasteiger partial charge on any atom is 0.255 e. The Kier molecular flexibility index (Phi) is 4.03. The summed E-state index contributed by atoms with van der Waals surface area (Å²) in [5.74, 6) is -0.899. The van der Waals surface area contributed by atoms with Gasteiger partial charge in [-0.25, -0.2) is 8.78 Å². The van der Waals surface area contributed by atoms with Crippen LogP contribution in [0.3, 0.4) is 0 Å². The molecular weight excluding hydrogens is 300 g/mol. The third-order valence-electron chi connectivity index (χ3n) is 4.36. The number of carbonyl (C=O) groups is 1.